The molecule has 0 amide bonds. The molecule has 11 aromatic carbocycles. The molecule has 0 atom stereocenters. The van der Waals surface area contributed by atoms with Gasteiger partial charge in [0.1, 0.15) is 0 Å². The van der Waals surface area contributed by atoms with Crippen molar-refractivity contribution in [3.05, 3.63) is 354 Å². The zero-order valence-corrected chi connectivity index (χ0v) is 38.4. The molecule has 0 fully saturated rings. The minimum Gasteiger partial charge on any atom is -0.311 e. The molecule has 0 unspecified atom stereocenters. The Labute approximate surface area is 406 Å². The van der Waals surface area contributed by atoms with E-state index >= 15 is 0 Å². The molecule has 0 aromatic heterocycles. The fourth-order valence-electron chi connectivity index (χ4n) is 10.6. The first-order valence-electron chi connectivity index (χ1n) is 23.8. The number of hydrogen-bond acceptors (Lipinski definition) is 1. The van der Waals surface area contributed by atoms with E-state index in [1.807, 2.05) is 0 Å². The minimum atomic E-state index is -0.553. The van der Waals surface area contributed by atoms with Gasteiger partial charge < -0.3 is 4.90 Å². The molecule has 11 rings (SSSR count). The summed E-state index contributed by atoms with van der Waals surface area (Å²) in [5.74, 6) is 0. The minimum absolute atomic E-state index is 0.553. The van der Waals surface area contributed by atoms with E-state index in [0.717, 1.165) is 17.1 Å². The van der Waals surface area contributed by atoms with Crippen LogP contribution in [0.5, 0.6) is 0 Å². The molecule has 328 valence electrons. The standard InChI is InChI=1S/C68H51N/c1-8-22-52(23-9-1)53-36-38-54(39-37-53)55-40-46-64(47-41-55)69(65-48-42-62(43-49-65)67(56-24-10-2-11-25-56,57-26-12-3-13-27-57)58-28-14-4-15-29-58)66-50-44-63(45-51-66)68(59-30-16-5-17-31-59,60-32-18-6-19-33-60)61-34-20-7-21-35-61/h1-51H. The first-order chi connectivity index (χ1) is 34.2. The van der Waals surface area contributed by atoms with Crippen LogP contribution in [0.2, 0.25) is 0 Å². The van der Waals surface area contributed by atoms with E-state index in [2.05, 4.69) is 314 Å². The molecular weight excluding hydrogens is 831 g/mol. The lowest BCUT2D eigenvalue weighted by Gasteiger charge is -2.37. The molecule has 0 bridgehead atoms. The largest absolute Gasteiger partial charge is 0.311 e. The van der Waals surface area contributed by atoms with Gasteiger partial charge in [0.15, 0.2) is 0 Å². The average Bonchev–Trinajstić information content (AvgIpc) is 3.44. The van der Waals surface area contributed by atoms with Crippen LogP contribution in [0.1, 0.15) is 44.5 Å². The highest BCUT2D eigenvalue weighted by Crippen LogP contribution is 2.48. The lowest BCUT2D eigenvalue weighted by atomic mass is 9.65. The second kappa shape index (κ2) is 19.2. The average molecular weight is 882 g/mol. The van der Waals surface area contributed by atoms with Gasteiger partial charge in [0.05, 0.1) is 10.8 Å². The third-order valence-electron chi connectivity index (χ3n) is 13.8. The molecule has 0 aliphatic rings. The Morgan fingerprint density at radius 2 is 0.333 bits per heavy atom. The van der Waals surface area contributed by atoms with Crippen molar-refractivity contribution in [2.24, 2.45) is 0 Å². The van der Waals surface area contributed by atoms with Crippen LogP contribution in [0.4, 0.5) is 17.1 Å². The first-order valence-corrected chi connectivity index (χ1v) is 23.8. The third kappa shape index (κ3) is 8.05. The summed E-state index contributed by atoms with van der Waals surface area (Å²) < 4.78 is 0. The zero-order valence-electron chi connectivity index (χ0n) is 38.4. The molecule has 0 heterocycles. The summed E-state index contributed by atoms with van der Waals surface area (Å²) in [7, 11) is 0. The molecule has 0 aliphatic carbocycles. The van der Waals surface area contributed by atoms with Gasteiger partial charge in [-0.05, 0) is 103 Å². The number of rotatable bonds is 13. The van der Waals surface area contributed by atoms with Gasteiger partial charge in [-0.3, -0.25) is 0 Å². The van der Waals surface area contributed by atoms with E-state index in [-0.39, 0.29) is 0 Å². The summed E-state index contributed by atoms with van der Waals surface area (Å²) in [4.78, 5) is 2.39. The lowest BCUT2D eigenvalue weighted by molar-refractivity contribution is 0.744. The van der Waals surface area contributed by atoms with E-state index in [0.29, 0.717) is 0 Å². The molecule has 11 aromatic rings. The molecule has 0 aliphatic heterocycles. The Morgan fingerprint density at radius 3 is 0.580 bits per heavy atom. The lowest BCUT2D eigenvalue weighted by Crippen LogP contribution is -2.31. The van der Waals surface area contributed by atoms with Gasteiger partial charge in [0.25, 0.3) is 0 Å². The third-order valence-corrected chi connectivity index (χ3v) is 13.8. The van der Waals surface area contributed by atoms with Gasteiger partial charge in [-0.15, -0.1) is 0 Å². The number of benzene rings is 11. The molecule has 0 N–H and O–H groups in total. The molecule has 0 saturated heterocycles. The van der Waals surface area contributed by atoms with Crippen molar-refractivity contribution in [1.82, 2.24) is 0 Å². The molecule has 0 radical (unpaired) electrons. The first kappa shape index (κ1) is 42.8. The van der Waals surface area contributed by atoms with Gasteiger partial charge >= 0.3 is 0 Å². The smallest absolute Gasteiger partial charge is 0.0701 e. The highest BCUT2D eigenvalue weighted by atomic mass is 15.1. The molecule has 69 heavy (non-hydrogen) atoms. The van der Waals surface area contributed by atoms with Gasteiger partial charge in [-0.2, -0.15) is 0 Å². The van der Waals surface area contributed by atoms with Crippen LogP contribution in [0.15, 0.2) is 309 Å². The Balaban J connectivity index is 1.06. The second-order valence-corrected chi connectivity index (χ2v) is 17.6. The predicted molar refractivity (Wildman–Crippen MR) is 289 cm³/mol. The van der Waals surface area contributed by atoms with Crippen molar-refractivity contribution in [3.63, 3.8) is 0 Å². The van der Waals surface area contributed by atoms with Crippen molar-refractivity contribution in [1.29, 1.82) is 0 Å². The Kier molecular flexibility index (Phi) is 11.9. The van der Waals surface area contributed by atoms with Crippen LogP contribution in [-0.4, -0.2) is 0 Å². The van der Waals surface area contributed by atoms with E-state index in [4.69, 9.17) is 0 Å². The van der Waals surface area contributed by atoms with Gasteiger partial charge in [0, 0.05) is 17.1 Å². The Bertz CT molecular complexity index is 2980. The number of anilines is 3. The van der Waals surface area contributed by atoms with Crippen molar-refractivity contribution in [2.75, 3.05) is 4.90 Å². The molecular formula is C68H51N. The highest BCUT2D eigenvalue weighted by Gasteiger charge is 2.40. The summed E-state index contributed by atoms with van der Waals surface area (Å²) in [5.41, 5.74) is 16.5. The molecule has 0 spiro atoms. The van der Waals surface area contributed by atoms with Crippen LogP contribution >= 0.6 is 0 Å². The Morgan fingerprint density at radius 1 is 0.159 bits per heavy atom. The summed E-state index contributed by atoms with van der Waals surface area (Å²) >= 11 is 0. The Hall–Kier alpha value is -8.78. The normalized spacial score (nSPS) is 11.5. The molecule has 0 saturated carbocycles. The van der Waals surface area contributed by atoms with E-state index in [1.165, 1.54) is 66.8 Å². The van der Waals surface area contributed by atoms with Crippen LogP contribution in [0.25, 0.3) is 22.3 Å². The quantitative estimate of drug-likeness (QED) is 0.104. The molecule has 1 heteroatoms. The van der Waals surface area contributed by atoms with E-state index in [9.17, 15) is 0 Å². The predicted octanol–water partition coefficient (Wildman–Crippen LogP) is 17.3. The van der Waals surface area contributed by atoms with Gasteiger partial charge in [0.2, 0.25) is 0 Å². The summed E-state index contributed by atoms with van der Waals surface area (Å²) in [6.07, 6.45) is 0. The van der Waals surface area contributed by atoms with Gasteiger partial charge in [-0.1, -0.05) is 273 Å². The maximum absolute atomic E-state index is 2.39. The van der Waals surface area contributed by atoms with Crippen molar-refractivity contribution in [3.8, 4) is 22.3 Å². The van der Waals surface area contributed by atoms with Crippen LogP contribution in [0.3, 0.4) is 0 Å². The summed E-state index contributed by atoms with van der Waals surface area (Å²) in [6.45, 7) is 0. The fraction of sp³-hybridized carbons (Fsp3) is 0.0294. The van der Waals surface area contributed by atoms with Crippen molar-refractivity contribution < 1.29 is 0 Å². The topological polar surface area (TPSA) is 3.24 Å². The number of nitrogens with zero attached hydrogens (tertiary/aromatic N) is 1. The monoisotopic (exact) mass is 881 g/mol. The van der Waals surface area contributed by atoms with Crippen molar-refractivity contribution in [2.45, 2.75) is 10.8 Å². The van der Waals surface area contributed by atoms with E-state index < -0.39 is 10.8 Å². The fourth-order valence-corrected chi connectivity index (χ4v) is 10.6. The maximum Gasteiger partial charge on any atom is 0.0701 e. The summed E-state index contributed by atoms with van der Waals surface area (Å²) in [6, 6.07) is 113. The van der Waals surface area contributed by atoms with Crippen LogP contribution in [-0.2, 0) is 10.8 Å². The van der Waals surface area contributed by atoms with Crippen LogP contribution < -0.4 is 4.90 Å². The zero-order chi connectivity index (χ0) is 46.3. The second-order valence-electron chi connectivity index (χ2n) is 17.6. The maximum atomic E-state index is 2.39. The summed E-state index contributed by atoms with van der Waals surface area (Å²) in [5, 5.41) is 0. The molecule has 1 nitrogen and oxygen atoms in total. The number of hydrogen-bond donors (Lipinski definition) is 0. The van der Waals surface area contributed by atoms with Crippen molar-refractivity contribution >= 4 is 17.1 Å². The SMILES string of the molecule is c1ccc(-c2ccc(-c3ccc(N(c4ccc(C(c5ccccc5)(c5ccccc5)c5ccccc5)cc4)c4ccc(C(c5ccccc5)(c5ccccc5)c5ccccc5)cc4)cc3)cc2)cc1. The highest BCUT2D eigenvalue weighted by molar-refractivity contribution is 5.80. The van der Waals surface area contributed by atoms with E-state index in [1.54, 1.807) is 0 Å². The van der Waals surface area contributed by atoms with Gasteiger partial charge in [-0.25, -0.2) is 0 Å². The van der Waals surface area contributed by atoms with Crippen LogP contribution in [0, 0.1) is 0 Å².